The van der Waals surface area contributed by atoms with Gasteiger partial charge in [0, 0.05) is 5.02 Å². The van der Waals surface area contributed by atoms with Gasteiger partial charge in [0.25, 0.3) is 0 Å². The molecule has 2 unspecified atom stereocenters. The van der Waals surface area contributed by atoms with Crippen LogP contribution >= 0.6 is 11.6 Å². The SMILES string of the molecule is Cc1ccccc1C(N)C(C)Oc1cccc(Cl)c1. The van der Waals surface area contributed by atoms with Gasteiger partial charge < -0.3 is 10.5 Å². The Morgan fingerprint density at radius 1 is 1.11 bits per heavy atom. The minimum atomic E-state index is -0.166. The van der Waals surface area contributed by atoms with E-state index in [1.807, 2.05) is 43.3 Å². The molecule has 19 heavy (non-hydrogen) atoms. The molecular formula is C16H18ClNO. The molecule has 0 heterocycles. The van der Waals surface area contributed by atoms with Gasteiger partial charge in [-0.15, -0.1) is 0 Å². The molecule has 0 aromatic heterocycles. The molecule has 2 aromatic carbocycles. The lowest BCUT2D eigenvalue weighted by atomic mass is 9.98. The topological polar surface area (TPSA) is 35.2 Å². The molecule has 3 heteroatoms. The Morgan fingerprint density at radius 3 is 2.53 bits per heavy atom. The van der Waals surface area contributed by atoms with Crippen molar-refractivity contribution < 1.29 is 4.74 Å². The second-order valence-electron chi connectivity index (χ2n) is 4.66. The predicted octanol–water partition coefficient (Wildman–Crippen LogP) is 4.12. The third-order valence-electron chi connectivity index (χ3n) is 3.17. The number of benzene rings is 2. The fourth-order valence-electron chi connectivity index (χ4n) is 2.04. The summed E-state index contributed by atoms with van der Waals surface area (Å²) >= 11 is 5.94. The van der Waals surface area contributed by atoms with Gasteiger partial charge in [0.2, 0.25) is 0 Å². The highest BCUT2D eigenvalue weighted by molar-refractivity contribution is 6.30. The van der Waals surface area contributed by atoms with Crippen LogP contribution in [0.15, 0.2) is 48.5 Å². The molecule has 2 rings (SSSR count). The summed E-state index contributed by atoms with van der Waals surface area (Å²) in [5.74, 6) is 0.740. The van der Waals surface area contributed by atoms with Crippen molar-refractivity contribution in [2.24, 2.45) is 5.73 Å². The molecule has 2 atom stereocenters. The van der Waals surface area contributed by atoms with E-state index in [-0.39, 0.29) is 12.1 Å². The zero-order chi connectivity index (χ0) is 13.8. The van der Waals surface area contributed by atoms with Crippen molar-refractivity contribution in [3.63, 3.8) is 0 Å². The summed E-state index contributed by atoms with van der Waals surface area (Å²) < 4.78 is 5.86. The molecule has 0 saturated carbocycles. The number of rotatable bonds is 4. The molecule has 0 aliphatic rings. The van der Waals surface area contributed by atoms with Gasteiger partial charge in [0.15, 0.2) is 0 Å². The lowest BCUT2D eigenvalue weighted by Gasteiger charge is -2.23. The highest BCUT2D eigenvalue weighted by Crippen LogP contribution is 2.24. The molecule has 2 aromatic rings. The summed E-state index contributed by atoms with van der Waals surface area (Å²) in [6, 6.07) is 15.3. The maximum Gasteiger partial charge on any atom is 0.121 e. The van der Waals surface area contributed by atoms with E-state index in [9.17, 15) is 0 Å². The molecule has 0 aliphatic carbocycles. The summed E-state index contributed by atoms with van der Waals surface area (Å²) in [4.78, 5) is 0. The first-order chi connectivity index (χ1) is 9.08. The number of hydrogen-bond donors (Lipinski definition) is 1. The van der Waals surface area contributed by atoms with Crippen LogP contribution in [0.1, 0.15) is 24.1 Å². The number of hydrogen-bond acceptors (Lipinski definition) is 2. The molecule has 0 saturated heterocycles. The van der Waals surface area contributed by atoms with E-state index in [4.69, 9.17) is 22.1 Å². The molecular weight excluding hydrogens is 258 g/mol. The fourth-order valence-corrected chi connectivity index (χ4v) is 2.22. The number of ether oxygens (including phenoxy) is 1. The maximum atomic E-state index is 6.27. The van der Waals surface area contributed by atoms with Gasteiger partial charge in [-0.25, -0.2) is 0 Å². The summed E-state index contributed by atoms with van der Waals surface area (Å²) in [6.45, 7) is 4.03. The van der Waals surface area contributed by atoms with Crippen LogP contribution in [-0.4, -0.2) is 6.10 Å². The Hall–Kier alpha value is -1.51. The summed E-state index contributed by atoms with van der Waals surface area (Å²) in [5, 5.41) is 0.661. The molecule has 2 nitrogen and oxygen atoms in total. The van der Waals surface area contributed by atoms with Crippen molar-refractivity contribution in [1.82, 2.24) is 0 Å². The van der Waals surface area contributed by atoms with Crippen LogP contribution in [0.4, 0.5) is 0 Å². The van der Waals surface area contributed by atoms with E-state index in [2.05, 4.69) is 13.0 Å². The van der Waals surface area contributed by atoms with Crippen LogP contribution in [0.25, 0.3) is 0 Å². The first-order valence-corrected chi connectivity index (χ1v) is 6.69. The molecule has 100 valence electrons. The maximum absolute atomic E-state index is 6.27. The van der Waals surface area contributed by atoms with Crippen LogP contribution in [0.2, 0.25) is 5.02 Å². The molecule has 0 bridgehead atoms. The van der Waals surface area contributed by atoms with Crippen LogP contribution in [0.5, 0.6) is 5.75 Å². The van der Waals surface area contributed by atoms with Crippen molar-refractivity contribution in [2.75, 3.05) is 0 Å². The van der Waals surface area contributed by atoms with Crippen LogP contribution in [-0.2, 0) is 0 Å². The zero-order valence-corrected chi connectivity index (χ0v) is 11.9. The zero-order valence-electron chi connectivity index (χ0n) is 11.1. The van der Waals surface area contributed by atoms with Gasteiger partial charge in [-0.3, -0.25) is 0 Å². The Kier molecular flexibility index (Phi) is 4.46. The molecule has 0 fully saturated rings. The molecule has 0 radical (unpaired) electrons. The van der Waals surface area contributed by atoms with Crippen molar-refractivity contribution in [2.45, 2.75) is 26.0 Å². The first kappa shape index (κ1) is 13.9. The summed E-state index contributed by atoms with van der Waals surface area (Å²) in [5.41, 5.74) is 8.55. The lowest BCUT2D eigenvalue weighted by molar-refractivity contribution is 0.190. The van der Waals surface area contributed by atoms with E-state index >= 15 is 0 Å². The Labute approximate surface area is 119 Å². The normalized spacial score (nSPS) is 13.9. The Bertz CT molecular complexity index is 556. The van der Waals surface area contributed by atoms with Gasteiger partial charge in [-0.1, -0.05) is 41.9 Å². The minimum absolute atomic E-state index is 0.125. The van der Waals surface area contributed by atoms with Crippen molar-refractivity contribution in [3.05, 3.63) is 64.7 Å². The molecule has 0 aliphatic heterocycles. The van der Waals surface area contributed by atoms with Gasteiger partial charge in [-0.2, -0.15) is 0 Å². The number of halogens is 1. The summed E-state index contributed by atoms with van der Waals surface area (Å²) in [7, 11) is 0. The monoisotopic (exact) mass is 275 g/mol. The van der Waals surface area contributed by atoms with Gasteiger partial charge >= 0.3 is 0 Å². The van der Waals surface area contributed by atoms with Crippen molar-refractivity contribution in [1.29, 1.82) is 0 Å². The standard InChI is InChI=1S/C16H18ClNO/c1-11-6-3-4-9-15(11)16(18)12(2)19-14-8-5-7-13(17)10-14/h3-10,12,16H,18H2,1-2H3. The first-order valence-electron chi connectivity index (χ1n) is 6.31. The number of aryl methyl sites for hydroxylation is 1. The smallest absolute Gasteiger partial charge is 0.121 e. The number of nitrogens with two attached hydrogens (primary N) is 1. The highest BCUT2D eigenvalue weighted by atomic mass is 35.5. The van der Waals surface area contributed by atoms with E-state index < -0.39 is 0 Å². The molecule has 2 N–H and O–H groups in total. The second-order valence-corrected chi connectivity index (χ2v) is 5.10. The highest BCUT2D eigenvalue weighted by Gasteiger charge is 2.18. The predicted molar refractivity (Wildman–Crippen MR) is 79.6 cm³/mol. The third-order valence-corrected chi connectivity index (χ3v) is 3.41. The van der Waals surface area contributed by atoms with E-state index in [0.717, 1.165) is 11.3 Å². The fraction of sp³-hybridized carbons (Fsp3) is 0.250. The quantitative estimate of drug-likeness (QED) is 0.911. The van der Waals surface area contributed by atoms with Crippen molar-refractivity contribution in [3.8, 4) is 5.75 Å². The van der Waals surface area contributed by atoms with E-state index in [1.165, 1.54) is 5.56 Å². The molecule has 0 amide bonds. The minimum Gasteiger partial charge on any atom is -0.489 e. The second kappa shape index (κ2) is 6.09. The van der Waals surface area contributed by atoms with Crippen molar-refractivity contribution >= 4 is 11.6 Å². The van der Waals surface area contributed by atoms with Gasteiger partial charge in [0.05, 0.1) is 6.04 Å². The lowest BCUT2D eigenvalue weighted by Crippen LogP contribution is -2.29. The molecule has 0 spiro atoms. The van der Waals surface area contributed by atoms with Crippen LogP contribution in [0, 0.1) is 6.92 Å². The van der Waals surface area contributed by atoms with Gasteiger partial charge in [0.1, 0.15) is 11.9 Å². The van der Waals surface area contributed by atoms with Crippen LogP contribution in [0.3, 0.4) is 0 Å². The average molecular weight is 276 g/mol. The third kappa shape index (κ3) is 3.49. The van der Waals surface area contributed by atoms with Gasteiger partial charge in [-0.05, 0) is 43.2 Å². The summed E-state index contributed by atoms with van der Waals surface area (Å²) in [6.07, 6.45) is -0.125. The van der Waals surface area contributed by atoms with E-state index in [0.29, 0.717) is 5.02 Å². The largest absolute Gasteiger partial charge is 0.489 e. The Balaban J connectivity index is 2.12. The van der Waals surface area contributed by atoms with E-state index in [1.54, 1.807) is 6.07 Å². The Morgan fingerprint density at radius 2 is 1.84 bits per heavy atom. The van der Waals surface area contributed by atoms with Crippen LogP contribution < -0.4 is 10.5 Å². The average Bonchev–Trinajstić information content (AvgIpc) is 2.38.